The van der Waals surface area contributed by atoms with Crippen LogP contribution in [-0.4, -0.2) is 99.0 Å². The average molecular weight is 641 g/mol. The molecule has 1 aromatic carbocycles. The summed E-state index contributed by atoms with van der Waals surface area (Å²) in [5.41, 5.74) is 3.09. The molecule has 10 nitrogen and oxygen atoms in total. The van der Waals surface area contributed by atoms with Crippen molar-refractivity contribution in [2.24, 2.45) is 23.2 Å². The number of benzene rings is 1. The summed E-state index contributed by atoms with van der Waals surface area (Å²) in [6.45, 7) is 13.3. The van der Waals surface area contributed by atoms with Gasteiger partial charge in [-0.25, -0.2) is 19.3 Å². The highest BCUT2D eigenvalue weighted by Gasteiger charge is 2.59. The summed E-state index contributed by atoms with van der Waals surface area (Å²) in [5, 5.41) is 8.46. The molecule has 2 spiro atoms. The normalized spacial score (nSPS) is 27.8. The highest BCUT2D eigenvalue weighted by Crippen LogP contribution is 2.55. The van der Waals surface area contributed by atoms with Gasteiger partial charge in [-0.15, -0.1) is 10.2 Å². The molecule has 3 aromatic rings. The molecule has 2 aliphatic carbocycles. The van der Waals surface area contributed by atoms with Crippen molar-refractivity contribution >= 4 is 5.82 Å². The van der Waals surface area contributed by atoms with Crippen LogP contribution < -0.4 is 9.64 Å². The van der Waals surface area contributed by atoms with E-state index in [9.17, 15) is 4.39 Å². The minimum absolute atomic E-state index is 0.255. The number of rotatable bonds is 10. The van der Waals surface area contributed by atoms with Gasteiger partial charge in [0.05, 0.1) is 18.9 Å². The van der Waals surface area contributed by atoms with Crippen LogP contribution in [0.4, 0.5) is 10.2 Å². The van der Waals surface area contributed by atoms with Crippen molar-refractivity contribution < 1.29 is 13.9 Å². The third-order valence-electron chi connectivity index (χ3n) is 12.1. The second kappa shape index (κ2) is 11.4. The maximum atomic E-state index is 14.6. The van der Waals surface area contributed by atoms with Gasteiger partial charge in [-0.1, -0.05) is 13.8 Å². The third kappa shape index (κ3) is 5.29. The lowest BCUT2D eigenvalue weighted by molar-refractivity contribution is -0.165. The Morgan fingerprint density at radius 2 is 1.87 bits per heavy atom. The van der Waals surface area contributed by atoms with Gasteiger partial charge in [0, 0.05) is 85.4 Å². The van der Waals surface area contributed by atoms with Crippen LogP contribution in [0.15, 0.2) is 37.1 Å². The Morgan fingerprint density at radius 3 is 2.60 bits per heavy atom. The molecule has 0 bridgehead atoms. The van der Waals surface area contributed by atoms with Crippen molar-refractivity contribution in [1.29, 1.82) is 0 Å². The van der Waals surface area contributed by atoms with E-state index in [2.05, 4.69) is 53.7 Å². The Morgan fingerprint density at radius 1 is 1.02 bits per heavy atom. The summed E-state index contributed by atoms with van der Waals surface area (Å²) in [4.78, 5) is 21.3. The molecular formula is C36H45FN8O2. The largest absolute Gasteiger partial charge is 0.434 e. The number of hydrogen-bond donors (Lipinski definition) is 0. The van der Waals surface area contributed by atoms with E-state index in [1.165, 1.54) is 50.8 Å². The quantitative estimate of drug-likeness (QED) is 0.295. The van der Waals surface area contributed by atoms with E-state index >= 15 is 0 Å². The fourth-order valence-electron chi connectivity index (χ4n) is 9.53. The van der Waals surface area contributed by atoms with E-state index in [-0.39, 0.29) is 11.2 Å². The van der Waals surface area contributed by atoms with Gasteiger partial charge in [0.2, 0.25) is 0 Å². The van der Waals surface area contributed by atoms with Crippen LogP contribution in [0.5, 0.6) is 11.6 Å². The SMILES string of the molecule is CC(C)C(C1CC2(CCN2CC2COC2)C1)N1CC2(CCN(c3ncnnc3Oc3ccc(F)cc3-c3cncnc3C3CC3)C2)C1. The molecule has 4 aliphatic heterocycles. The number of anilines is 1. The summed E-state index contributed by atoms with van der Waals surface area (Å²) in [6.07, 6.45) is 12.2. The molecule has 9 rings (SSSR count). The molecule has 6 fully saturated rings. The van der Waals surface area contributed by atoms with Crippen LogP contribution >= 0.6 is 0 Å². The summed E-state index contributed by atoms with van der Waals surface area (Å²) in [6, 6.07) is 5.22. The molecular weight excluding hydrogens is 595 g/mol. The van der Waals surface area contributed by atoms with Crippen molar-refractivity contribution in [3.63, 3.8) is 0 Å². The zero-order valence-electron chi connectivity index (χ0n) is 27.5. The molecule has 0 radical (unpaired) electrons. The van der Waals surface area contributed by atoms with Gasteiger partial charge < -0.3 is 14.4 Å². The van der Waals surface area contributed by atoms with Crippen LogP contribution in [0, 0.1) is 29.0 Å². The first kappa shape index (κ1) is 29.8. The van der Waals surface area contributed by atoms with Gasteiger partial charge in [-0.2, -0.15) is 0 Å². The minimum atomic E-state index is -0.336. The molecule has 2 saturated carbocycles. The van der Waals surface area contributed by atoms with E-state index in [0.717, 1.165) is 81.7 Å². The fraction of sp³-hybridized carbons (Fsp3) is 0.639. The topological polar surface area (TPSA) is 92.6 Å². The molecule has 6 aliphatic rings. The van der Waals surface area contributed by atoms with E-state index in [1.54, 1.807) is 18.6 Å². The van der Waals surface area contributed by atoms with Crippen molar-refractivity contribution in [3.05, 3.63) is 48.6 Å². The predicted octanol–water partition coefficient (Wildman–Crippen LogP) is 5.18. The molecule has 1 unspecified atom stereocenters. The molecule has 0 N–H and O–H groups in total. The predicted molar refractivity (Wildman–Crippen MR) is 175 cm³/mol. The minimum Gasteiger partial charge on any atom is -0.434 e. The van der Waals surface area contributed by atoms with E-state index in [1.807, 2.05) is 0 Å². The summed E-state index contributed by atoms with van der Waals surface area (Å²) in [7, 11) is 0. The van der Waals surface area contributed by atoms with Gasteiger partial charge in [0.1, 0.15) is 24.2 Å². The lowest BCUT2D eigenvalue weighted by Gasteiger charge is -2.66. The number of aromatic nitrogens is 5. The number of hydrogen-bond acceptors (Lipinski definition) is 10. The van der Waals surface area contributed by atoms with Crippen molar-refractivity contribution in [2.75, 3.05) is 57.4 Å². The average Bonchev–Trinajstić information content (AvgIpc) is 3.75. The second-order valence-corrected chi connectivity index (χ2v) is 15.7. The first-order valence-electron chi connectivity index (χ1n) is 17.7. The number of halogens is 1. The van der Waals surface area contributed by atoms with Gasteiger partial charge in [0.25, 0.3) is 5.88 Å². The first-order valence-corrected chi connectivity index (χ1v) is 17.7. The summed E-state index contributed by atoms with van der Waals surface area (Å²) >= 11 is 0. The first-order chi connectivity index (χ1) is 22.9. The molecule has 11 heteroatoms. The van der Waals surface area contributed by atoms with E-state index in [4.69, 9.17) is 9.47 Å². The van der Waals surface area contributed by atoms with Crippen molar-refractivity contribution in [3.8, 4) is 22.8 Å². The maximum absolute atomic E-state index is 14.6. The standard InChI is InChI=1S/C36H45FN8O2/c1-23(2)32(26-12-36(13-26)8-10-45(36)15-24-16-46-17-24)44-19-35(20-44)7-9-43(18-35)33-34(42-41-22-40-33)47-30-6-5-27(37)11-28(30)29-14-38-21-39-31(29)25-3-4-25/h5-6,11,14,21-26,32H,3-4,7-10,12-13,15-20H2,1-2H3. The fourth-order valence-corrected chi connectivity index (χ4v) is 9.53. The molecule has 6 heterocycles. The lowest BCUT2D eigenvalue weighted by atomic mass is 9.57. The zero-order valence-corrected chi connectivity index (χ0v) is 27.5. The van der Waals surface area contributed by atoms with Crippen LogP contribution in [0.2, 0.25) is 0 Å². The summed E-state index contributed by atoms with van der Waals surface area (Å²) in [5.74, 6) is 3.76. The maximum Gasteiger partial charge on any atom is 0.282 e. The highest BCUT2D eigenvalue weighted by molar-refractivity contribution is 5.73. The number of nitrogens with zero attached hydrogens (tertiary/aromatic N) is 8. The molecule has 47 heavy (non-hydrogen) atoms. The van der Waals surface area contributed by atoms with E-state index < -0.39 is 0 Å². The Labute approximate surface area is 276 Å². The number of ether oxygens (including phenoxy) is 2. The van der Waals surface area contributed by atoms with Crippen LogP contribution in [0.25, 0.3) is 11.1 Å². The van der Waals surface area contributed by atoms with Gasteiger partial charge >= 0.3 is 0 Å². The summed E-state index contributed by atoms with van der Waals surface area (Å²) < 4.78 is 26.5. The molecule has 0 amide bonds. The van der Waals surface area contributed by atoms with E-state index in [0.29, 0.717) is 46.4 Å². The van der Waals surface area contributed by atoms with Crippen LogP contribution in [-0.2, 0) is 4.74 Å². The third-order valence-corrected chi connectivity index (χ3v) is 12.1. The number of likely N-dealkylation sites (tertiary alicyclic amines) is 2. The second-order valence-electron chi connectivity index (χ2n) is 15.7. The van der Waals surface area contributed by atoms with Crippen molar-refractivity contribution in [2.45, 2.75) is 69.9 Å². The van der Waals surface area contributed by atoms with Gasteiger partial charge in [-0.3, -0.25) is 9.80 Å². The Bertz CT molecular complexity index is 1630. The molecule has 1 atom stereocenters. The van der Waals surface area contributed by atoms with Gasteiger partial charge in [0.15, 0.2) is 5.82 Å². The molecule has 248 valence electrons. The Balaban J connectivity index is 0.877. The lowest BCUT2D eigenvalue weighted by Crippen LogP contribution is -2.72. The highest BCUT2D eigenvalue weighted by atomic mass is 19.1. The smallest absolute Gasteiger partial charge is 0.282 e. The van der Waals surface area contributed by atoms with Crippen molar-refractivity contribution in [1.82, 2.24) is 34.9 Å². The zero-order chi connectivity index (χ0) is 31.8. The molecule has 4 saturated heterocycles. The Hall–Kier alpha value is -3.28. The molecule has 2 aromatic heterocycles. The Kier molecular flexibility index (Phi) is 7.24. The van der Waals surface area contributed by atoms with Crippen LogP contribution in [0.1, 0.15) is 64.0 Å². The van der Waals surface area contributed by atoms with Crippen LogP contribution in [0.3, 0.4) is 0 Å². The monoisotopic (exact) mass is 640 g/mol. The van der Waals surface area contributed by atoms with Gasteiger partial charge in [-0.05, 0) is 68.6 Å².